The Balaban J connectivity index is 1.50. The normalized spacial score (nSPS) is 14.4. The van der Waals surface area contributed by atoms with E-state index in [-0.39, 0.29) is 18.6 Å². The third-order valence-electron chi connectivity index (χ3n) is 5.37. The lowest BCUT2D eigenvalue weighted by Gasteiger charge is -2.16. The van der Waals surface area contributed by atoms with Gasteiger partial charge in [0.25, 0.3) is 0 Å². The highest BCUT2D eigenvalue weighted by molar-refractivity contribution is 8.00. The van der Waals surface area contributed by atoms with Crippen molar-refractivity contribution in [2.24, 2.45) is 0 Å². The number of nitrogens with zero attached hydrogens (tertiary/aromatic N) is 3. The summed E-state index contributed by atoms with van der Waals surface area (Å²) in [5, 5.41) is 11.6. The maximum atomic E-state index is 12.9. The predicted octanol–water partition coefficient (Wildman–Crippen LogP) is 4.11. The number of rotatable bonds is 9. The minimum Gasteiger partial charge on any atom is -0.485 e. The number of nitrogens with two attached hydrogens (primary N) is 1. The van der Waals surface area contributed by atoms with Crippen molar-refractivity contribution in [2.45, 2.75) is 62.6 Å². The van der Waals surface area contributed by atoms with E-state index in [0.717, 1.165) is 35.3 Å². The van der Waals surface area contributed by atoms with Crippen molar-refractivity contribution in [1.29, 1.82) is 0 Å². The summed E-state index contributed by atoms with van der Waals surface area (Å²) >= 11 is 1.30. The molecule has 3 N–H and O–H groups in total. The second kappa shape index (κ2) is 9.65. The Morgan fingerprint density at radius 2 is 1.97 bits per heavy atom. The minimum atomic E-state index is -0.457. The molecule has 2 aromatic carbocycles. The molecule has 1 aliphatic rings. The first-order valence-electron chi connectivity index (χ1n) is 10.9. The molecule has 1 aromatic heterocycles. The molecule has 1 aliphatic carbocycles. The monoisotopic (exact) mass is 451 g/mol. The molecule has 1 atom stereocenters. The van der Waals surface area contributed by atoms with Gasteiger partial charge in [-0.25, -0.2) is 4.68 Å². The summed E-state index contributed by atoms with van der Waals surface area (Å²) in [5.74, 6) is 7.92. The maximum absolute atomic E-state index is 12.9. The van der Waals surface area contributed by atoms with E-state index < -0.39 is 5.25 Å². The van der Waals surface area contributed by atoms with Crippen LogP contribution in [0.1, 0.15) is 60.4 Å². The minimum absolute atomic E-state index is 0.0363. The van der Waals surface area contributed by atoms with Crippen LogP contribution in [-0.2, 0) is 11.4 Å². The van der Waals surface area contributed by atoms with Gasteiger partial charge in [-0.1, -0.05) is 68.1 Å². The van der Waals surface area contributed by atoms with Crippen LogP contribution in [0.5, 0.6) is 5.75 Å². The average molecular weight is 452 g/mol. The molecular weight excluding hydrogens is 422 g/mol. The number of hydrogen-bond donors (Lipinski definition) is 2. The van der Waals surface area contributed by atoms with E-state index >= 15 is 0 Å². The van der Waals surface area contributed by atoms with Gasteiger partial charge in [0.15, 0.2) is 5.82 Å². The molecule has 4 rings (SSSR count). The first kappa shape index (κ1) is 22.2. The van der Waals surface area contributed by atoms with Crippen LogP contribution >= 0.6 is 11.8 Å². The quantitative estimate of drug-likeness (QED) is 0.375. The number of thioether (sulfide) groups is 1. The number of amides is 1. The van der Waals surface area contributed by atoms with Crippen LogP contribution in [0.15, 0.2) is 53.7 Å². The van der Waals surface area contributed by atoms with Gasteiger partial charge in [0.2, 0.25) is 11.1 Å². The van der Waals surface area contributed by atoms with Crippen molar-refractivity contribution in [2.75, 3.05) is 5.84 Å². The number of nitrogens with one attached hydrogen (secondary N) is 1. The molecule has 0 bridgehead atoms. The van der Waals surface area contributed by atoms with Crippen LogP contribution in [0.25, 0.3) is 0 Å². The molecule has 0 saturated heterocycles. The van der Waals surface area contributed by atoms with Gasteiger partial charge in [0, 0.05) is 6.04 Å². The highest BCUT2D eigenvalue weighted by Crippen LogP contribution is 2.35. The second-order valence-electron chi connectivity index (χ2n) is 8.44. The van der Waals surface area contributed by atoms with Crippen molar-refractivity contribution in [3.63, 3.8) is 0 Å². The molecule has 3 aromatic rings. The highest BCUT2D eigenvalue weighted by Gasteiger charge is 2.30. The van der Waals surface area contributed by atoms with Gasteiger partial charge in [0.05, 0.1) is 0 Å². The number of aryl methyl sites for hydroxylation is 1. The number of carbonyl (C=O) groups excluding carboxylic acids is 1. The summed E-state index contributed by atoms with van der Waals surface area (Å²) in [6.07, 6.45) is 2.06. The van der Waals surface area contributed by atoms with E-state index in [4.69, 9.17) is 10.6 Å². The second-order valence-corrected chi connectivity index (χ2v) is 9.52. The van der Waals surface area contributed by atoms with Gasteiger partial charge in [0.1, 0.15) is 17.6 Å². The molecule has 1 unspecified atom stereocenters. The molecule has 0 spiro atoms. The van der Waals surface area contributed by atoms with Gasteiger partial charge < -0.3 is 15.9 Å². The summed E-state index contributed by atoms with van der Waals surface area (Å²) in [6, 6.07) is 16.1. The molecule has 7 nitrogen and oxygen atoms in total. The van der Waals surface area contributed by atoms with Crippen LogP contribution in [0, 0.1) is 6.92 Å². The summed E-state index contributed by atoms with van der Waals surface area (Å²) in [5.41, 5.74) is 3.16. The molecular formula is C24H29N5O2S. The molecule has 32 heavy (non-hydrogen) atoms. The molecule has 1 heterocycles. The van der Waals surface area contributed by atoms with Crippen molar-refractivity contribution in [1.82, 2.24) is 20.2 Å². The van der Waals surface area contributed by atoms with Crippen LogP contribution < -0.4 is 15.9 Å². The average Bonchev–Trinajstić information content (AvgIpc) is 3.52. The lowest BCUT2D eigenvalue weighted by Crippen LogP contribution is -2.30. The van der Waals surface area contributed by atoms with Crippen LogP contribution in [0.2, 0.25) is 0 Å². The summed E-state index contributed by atoms with van der Waals surface area (Å²) in [6.45, 7) is 6.49. The SMILES string of the molecule is Cc1ccc(C(C)C)c(OCc2nnc(SC(C(=O)NC3CC3)c3ccccc3)n2N)c1. The Bertz CT molecular complexity index is 1080. The largest absolute Gasteiger partial charge is 0.485 e. The lowest BCUT2D eigenvalue weighted by molar-refractivity contribution is -0.120. The van der Waals surface area contributed by atoms with Crippen LogP contribution in [-0.4, -0.2) is 26.8 Å². The Hall–Kier alpha value is -3.00. The molecule has 8 heteroatoms. The molecule has 0 aliphatic heterocycles. The lowest BCUT2D eigenvalue weighted by atomic mass is 10.0. The third kappa shape index (κ3) is 5.24. The number of benzene rings is 2. The predicted molar refractivity (Wildman–Crippen MR) is 126 cm³/mol. The number of aromatic nitrogens is 3. The zero-order valence-electron chi connectivity index (χ0n) is 18.6. The van der Waals surface area contributed by atoms with Gasteiger partial charge in [-0.3, -0.25) is 4.79 Å². The molecule has 168 valence electrons. The number of hydrogen-bond acceptors (Lipinski definition) is 6. The number of carbonyl (C=O) groups is 1. The Morgan fingerprint density at radius 1 is 1.22 bits per heavy atom. The van der Waals surface area contributed by atoms with Crippen molar-refractivity contribution >= 4 is 17.7 Å². The topological polar surface area (TPSA) is 95.1 Å². The Labute approximate surface area is 192 Å². The standard InChI is InChI=1S/C24H29N5O2S/c1-15(2)19-12-9-16(3)13-20(19)31-14-21-27-28-24(29(21)25)32-22(17-7-5-4-6-8-17)23(30)26-18-10-11-18/h4-9,12-13,15,18,22H,10-11,14,25H2,1-3H3,(H,26,30). The van der Waals surface area contributed by atoms with E-state index in [9.17, 15) is 4.79 Å². The van der Waals surface area contributed by atoms with E-state index in [1.54, 1.807) is 0 Å². The van der Waals surface area contributed by atoms with Gasteiger partial charge in [-0.15, -0.1) is 10.2 Å². The number of ether oxygens (including phenoxy) is 1. The molecule has 1 amide bonds. The van der Waals surface area contributed by atoms with Crippen LogP contribution in [0.3, 0.4) is 0 Å². The Morgan fingerprint density at radius 3 is 2.66 bits per heavy atom. The van der Waals surface area contributed by atoms with E-state index in [0.29, 0.717) is 16.9 Å². The van der Waals surface area contributed by atoms with E-state index in [1.165, 1.54) is 16.4 Å². The fourth-order valence-corrected chi connectivity index (χ4v) is 4.37. The molecule has 1 fully saturated rings. The fraction of sp³-hybridized carbons (Fsp3) is 0.375. The third-order valence-corrected chi connectivity index (χ3v) is 6.58. The molecule has 0 radical (unpaired) electrons. The summed E-state index contributed by atoms with van der Waals surface area (Å²) in [4.78, 5) is 12.9. The smallest absolute Gasteiger partial charge is 0.238 e. The van der Waals surface area contributed by atoms with Gasteiger partial charge in [-0.05, 0) is 48.4 Å². The van der Waals surface area contributed by atoms with E-state index in [1.807, 2.05) is 43.3 Å². The van der Waals surface area contributed by atoms with Crippen molar-refractivity contribution in [3.05, 3.63) is 71.0 Å². The summed E-state index contributed by atoms with van der Waals surface area (Å²) in [7, 11) is 0. The van der Waals surface area contributed by atoms with Crippen molar-refractivity contribution < 1.29 is 9.53 Å². The van der Waals surface area contributed by atoms with Crippen molar-refractivity contribution in [3.8, 4) is 5.75 Å². The van der Waals surface area contributed by atoms with Gasteiger partial charge in [-0.2, -0.15) is 0 Å². The summed E-state index contributed by atoms with van der Waals surface area (Å²) < 4.78 is 7.48. The Kier molecular flexibility index (Phi) is 6.69. The maximum Gasteiger partial charge on any atom is 0.238 e. The number of nitrogen functional groups attached to an aromatic ring is 1. The fourth-order valence-electron chi connectivity index (χ4n) is 3.38. The zero-order valence-corrected chi connectivity index (χ0v) is 19.4. The zero-order chi connectivity index (χ0) is 22.7. The van der Waals surface area contributed by atoms with Crippen LogP contribution in [0.4, 0.5) is 0 Å². The highest BCUT2D eigenvalue weighted by atomic mass is 32.2. The first-order valence-corrected chi connectivity index (χ1v) is 11.7. The first-order chi connectivity index (χ1) is 15.4. The molecule has 1 saturated carbocycles. The van der Waals surface area contributed by atoms with Gasteiger partial charge >= 0.3 is 0 Å². The van der Waals surface area contributed by atoms with E-state index in [2.05, 4.69) is 41.5 Å².